The second-order valence-corrected chi connectivity index (χ2v) is 15.3. The van der Waals surface area contributed by atoms with E-state index in [0.717, 1.165) is 102 Å². The zero-order chi connectivity index (χ0) is 37.8. The number of nitrogens with zero attached hydrogens (tertiary/aromatic N) is 6. The van der Waals surface area contributed by atoms with Crippen LogP contribution >= 0.6 is 0 Å². The van der Waals surface area contributed by atoms with Gasteiger partial charge in [0.05, 0.1) is 6.04 Å². The Bertz CT molecular complexity index is 2110. The number of ketones is 1. The lowest BCUT2D eigenvalue weighted by Gasteiger charge is -2.38. The van der Waals surface area contributed by atoms with E-state index in [2.05, 4.69) is 67.6 Å². The van der Waals surface area contributed by atoms with Crippen molar-refractivity contribution in [1.82, 2.24) is 24.8 Å². The number of H-pyrrole nitrogens is 1. The van der Waals surface area contributed by atoms with Gasteiger partial charge in [-0.3, -0.25) is 14.7 Å². The smallest absolute Gasteiger partial charge is 0.256 e. The summed E-state index contributed by atoms with van der Waals surface area (Å²) in [4.78, 5) is 46.9. The molecule has 2 aromatic carbocycles. The van der Waals surface area contributed by atoms with Crippen LogP contribution in [-0.2, 0) is 4.79 Å². The molecule has 0 spiro atoms. The van der Waals surface area contributed by atoms with Crippen molar-refractivity contribution in [2.45, 2.75) is 58.9 Å². The SMILES string of the molecule is C=C(C)C(CCC(C)=O)N(CO)C(=O)c1cc(N2CCN(CCC3CCN(c4ccc(-c5ccc6c(c5)[nH]c5ccncc56)cn4)CC3)CC2)ccc1C. The second kappa shape index (κ2) is 16.5. The van der Waals surface area contributed by atoms with E-state index in [4.69, 9.17) is 4.98 Å². The maximum absolute atomic E-state index is 13.7. The number of aromatic nitrogens is 3. The summed E-state index contributed by atoms with van der Waals surface area (Å²) in [5, 5.41) is 12.6. The van der Waals surface area contributed by atoms with E-state index in [1.54, 1.807) is 6.92 Å². The Balaban J connectivity index is 0.877. The van der Waals surface area contributed by atoms with Crippen LogP contribution in [0.5, 0.6) is 0 Å². The Hall–Kier alpha value is -5.06. The van der Waals surface area contributed by atoms with Crippen LogP contribution in [0.4, 0.5) is 11.5 Å². The predicted octanol–water partition coefficient (Wildman–Crippen LogP) is 7.22. The van der Waals surface area contributed by atoms with Crippen LogP contribution < -0.4 is 9.80 Å². The maximum atomic E-state index is 13.7. The van der Waals surface area contributed by atoms with Crippen molar-refractivity contribution >= 4 is 45.0 Å². The van der Waals surface area contributed by atoms with Crippen molar-refractivity contribution in [1.29, 1.82) is 0 Å². The Morgan fingerprint density at radius 1 is 0.907 bits per heavy atom. The number of aromatic amines is 1. The first kappa shape index (κ1) is 37.3. The lowest BCUT2D eigenvalue weighted by Crippen LogP contribution is -2.47. The molecule has 3 aromatic heterocycles. The molecule has 0 radical (unpaired) electrons. The Labute approximate surface area is 318 Å². The number of piperazine rings is 1. The van der Waals surface area contributed by atoms with E-state index in [1.165, 1.54) is 29.5 Å². The minimum Gasteiger partial charge on any atom is -0.376 e. The monoisotopic (exact) mass is 727 g/mol. The number of anilines is 2. The molecule has 54 heavy (non-hydrogen) atoms. The summed E-state index contributed by atoms with van der Waals surface area (Å²) < 4.78 is 0. The summed E-state index contributed by atoms with van der Waals surface area (Å²) in [6.45, 7) is 15.9. The van der Waals surface area contributed by atoms with Crippen LogP contribution in [0, 0.1) is 12.8 Å². The van der Waals surface area contributed by atoms with Crippen molar-refractivity contribution in [3.63, 3.8) is 0 Å². The number of carbonyl (C=O) groups excluding carboxylic acids is 2. The molecule has 10 nitrogen and oxygen atoms in total. The van der Waals surface area contributed by atoms with Gasteiger partial charge >= 0.3 is 0 Å². The number of benzene rings is 2. The van der Waals surface area contributed by atoms with Crippen LogP contribution in [0.25, 0.3) is 32.9 Å². The molecule has 10 heteroatoms. The molecule has 2 aliphatic rings. The van der Waals surface area contributed by atoms with Crippen molar-refractivity contribution in [3.8, 4) is 11.1 Å². The van der Waals surface area contributed by atoms with E-state index >= 15 is 0 Å². The number of Topliss-reactive ketones (excluding diaryl/α,β-unsaturated/α-hetero) is 1. The van der Waals surface area contributed by atoms with E-state index < -0.39 is 12.8 Å². The molecule has 5 heterocycles. The third kappa shape index (κ3) is 8.20. The molecule has 1 amide bonds. The van der Waals surface area contributed by atoms with Crippen molar-refractivity contribution in [2.24, 2.45) is 5.92 Å². The van der Waals surface area contributed by atoms with Gasteiger partial charge in [-0.1, -0.05) is 30.4 Å². The summed E-state index contributed by atoms with van der Waals surface area (Å²) in [7, 11) is 0. The maximum Gasteiger partial charge on any atom is 0.256 e. The van der Waals surface area contributed by atoms with Gasteiger partial charge in [-0.15, -0.1) is 0 Å². The normalized spacial score (nSPS) is 16.2. The molecular weight excluding hydrogens is 675 g/mol. The molecule has 0 aliphatic carbocycles. The topological polar surface area (TPSA) is 109 Å². The van der Waals surface area contributed by atoms with E-state index in [1.807, 2.05) is 50.6 Å². The molecule has 2 fully saturated rings. The van der Waals surface area contributed by atoms with E-state index in [9.17, 15) is 14.7 Å². The Morgan fingerprint density at radius 3 is 2.39 bits per heavy atom. The molecule has 2 N–H and O–H groups in total. The number of pyridine rings is 2. The number of rotatable bonds is 13. The summed E-state index contributed by atoms with van der Waals surface area (Å²) in [6, 6.07) is 18.6. The molecule has 1 unspecified atom stereocenters. The number of amides is 1. The minimum absolute atomic E-state index is 0.0554. The van der Waals surface area contributed by atoms with Crippen molar-refractivity contribution in [2.75, 3.05) is 62.3 Å². The third-order valence-corrected chi connectivity index (χ3v) is 11.6. The first-order valence-electron chi connectivity index (χ1n) is 19.4. The molecule has 282 valence electrons. The van der Waals surface area contributed by atoms with Gasteiger partial charge in [-0.2, -0.15) is 0 Å². The number of piperidine rings is 1. The van der Waals surface area contributed by atoms with Gasteiger partial charge in [0.2, 0.25) is 0 Å². The van der Waals surface area contributed by atoms with Gasteiger partial charge in [0.1, 0.15) is 18.3 Å². The van der Waals surface area contributed by atoms with Gasteiger partial charge in [0.25, 0.3) is 5.91 Å². The van der Waals surface area contributed by atoms with Gasteiger partial charge in [0, 0.05) is 103 Å². The predicted molar refractivity (Wildman–Crippen MR) is 218 cm³/mol. The van der Waals surface area contributed by atoms with Crippen LogP contribution in [0.2, 0.25) is 0 Å². The number of carbonyl (C=O) groups is 2. The fraction of sp³-hybridized carbons (Fsp3) is 0.409. The first-order chi connectivity index (χ1) is 26.2. The summed E-state index contributed by atoms with van der Waals surface area (Å²) in [5.74, 6) is 1.60. The molecule has 2 aliphatic heterocycles. The highest BCUT2D eigenvalue weighted by Gasteiger charge is 2.28. The largest absolute Gasteiger partial charge is 0.376 e. The molecule has 1 atom stereocenters. The van der Waals surface area contributed by atoms with Crippen molar-refractivity contribution in [3.05, 3.63) is 96.5 Å². The van der Waals surface area contributed by atoms with Crippen molar-refractivity contribution < 1.29 is 14.7 Å². The summed E-state index contributed by atoms with van der Waals surface area (Å²) in [5.41, 5.74) is 7.71. The number of aliphatic hydroxyl groups excluding tert-OH is 1. The second-order valence-electron chi connectivity index (χ2n) is 15.3. The Morgan fingerprint density at radius 2 is 1.69 bits per heavy atom. The molecule has 0 saturated carbocycles. The zero-order valence-electron chi connectivity index (χ0n) is 31.9. The average Bonchev–Trinajstić information content (AvgIpc) is 3.57. The standard InChI is InChI=1S/C44H53N7O3/c1-30(2)42(11-6-32(4)53)51(29-52)44(54)38-26-36(9-5-31(38)3)49-23-21-48(22-24-49)18-14-33-15-19-50(20-16-33)43-12-8-35(27-46-43)34-7-10-37-39-28-45-17-13-40(39)47-41(37)25-34/h5,7-10,12-13,17,25-28,33,42,47,52H,1,6,11,14-16,18-24,29H2,2-4H3. The van der Waals surface area contributed by atoms with E-state index in [-0.39, 0.29) is 11.7 Å². The first-order valence-corrected chi connectivity index (χ1v) is 19.4. The van der Waals surface area contributed by atoms with Crippen LogP contribution in [0.15, 0.2) is 85.3 Å². The molecule has 5 aromatic rings. The molecule has 0 bridgehead atoms. The van der Waals surface area contributed by atoms with Gasteiger partial charge in [0.15, 0.2) is 0 Å². The zero-order valence-corrected chi connectivity index (χ0v) is 31.9. The number of nitrogens with one attached hydrogen (secondary N) is 1. The number of hydrogen-bond acceptors (Lipinski definition) is 8. The highest BCUT2D eigenvalue weighted by Crippen LogP contribution is 2.31. The van der Waals surface area contributed by atoms with Gasteiger partial charge in [-0.05, 0) is 106 Å². The third-order valence-electron chi connectivity index (χ3n) is 11.6. The quantitative estimate of drug-likeness (QED) is 0.0968. The molecule has 7 rings (SSSR count). The number of aliphatic hydroxyl groups is 1. The fourth-order valence-corrected chi connectivity index (χ4v) is 8.22. The number of hydrogen-bond donors (Lipinski definition) is 2. The fourth-order valence-electron chi connectivity index (χ4n) is 8.22. The molecule has 2 saturated heterocycles. The number of fused-ring (bicyclic) bond motifs is 3. The summed E-state index contributed by atoms with van der Waals surface area (Å²) >= 11 is 0. The molecular formula is C44H53N7O3. The lowest BCUT2D eigenvalue weighted by molar-refractivity contribution is -0.117. The van der Waals surface area contributed by atoms with E-state index in [0.29, 0.717) is 18.4 Å². The highest BCUT2D eigenvalue weighted by molar-refractivity contribution is 6.07. The van der Waals surface area contributed by atoms with Gasteiger partial charge in [-0.25, -0.2) is 4.98 Å². The Kier molecular flexibility index (Phi) is 11.4. The minimum atomic E-state index is -0.428. The van der Waals surface area contributed by atoms with Crippen LogP contribution in [-0.4, -0.2) is 100 Å². The van der Waals surface area contributed by atoms with Crippen LogP contribution in [0.1, 0.15) is 61.9 Å². The van der Waals surface area contributed by atoms with Gasteiger partial charge < -0.3 is 29.6 Å². The van der Waals surface area contributed by atoms with Crippen LogP contribution in [0.3, 0.4) is 0 Å². The highest BCUT2D eigenvalue weighted by atomic mass is 16.3. The lowest BCUT2D eigenvalue weighted by atomic mass is 9.93. The summed E-state index contributed by atoms with van der Waals surface area (Å²) in [6.07, 6.45) is 10.1. The number of aryl methyl sites for hydroxylation is 1. The average molecular weight is 728 g/mol.